The van der Waals surface area contributed by atoms with Crippen LogP contribution in [0.2, 0.25) is 0 Å². The Morgan fingerprint density at radius 2 is 2.19 bits per heavy atom. The predicted molar refractivity (Wildman–Crippen MR) is 61.8 cm³/mol. The second-order valence-corrected chi connectivity index (χ2v) is 4.09. The van der Waals surface area contributed by atoms with E-state index in [-0.39, 0.29) is 23.0 Å². The summed E-state index contributed by atoms with van der Waals surface area (Å²) in [6.45, 7) is 0. The first-order valence-corrected chi connectivity index (χ1v) is 5.30. The Bertz CT molecular complexity index is 435. The van der Waals surface area contributed by atoms with Crippen molar-refractivity contribution in [3.05, 3.63) is 23.5 Å². The minimum Gasteiger partial charge on any atom is -0.380 e. The molecule has 1 aliphatic carbocycles. The number of hydrogen-bond donors (Lipinski definition) is 4. The maximum absolute atomic E-state index is 13.5. The molecule has 0 atom stereocenters. The third-order valence-electron chi connectivity index (χ3n) is 2.41. The molecule has 0 spiro atoms. The first-order chi connectivity index (χ1) is 7.63. The lowest BCUT2D eigenvalue weighted by Crippen LogP contribution is -2.10. The van der Waals surface area contributed by atoms with E-state index in [1.807, 2.05) is 5.48 Å². The van der Waals surface area contributed by atoms with Crippen molar-refractivity contribution in [1.29, 1.82) is 0 Å². The zero-order valence-corrected chi connectivity index (χ0v) is 9.22. The van der Waals surface area contributed by atoms with Gasteiger partial charge < -0.3 is 5.32 Å². The van der Waals surface area contributed by atoms with Crippen LogP contribution in [-0.2, 0) is 0 Å². The average molecular weight is 242 g/mol. The van der Waals surface area contributed by atoms with Crippen LogP contribution in [0.5, 0.6) is 0 Å². The second kappa shape index (κ2) is 4.31. The molecule has 2 rings (SSSR count). The summed E-state index contributed by atoms with van der Waals surface area (Å²) in [4.78, 5) is 11.2. The molecule has 1 aromatic carbocycles. The summed E-state index contributed by atoms with van der Waals surface area (Å²) in [6.07, 6.45) is 1.95. The van der Waals surface area contributed by atoms with Crippen LogP contribution >= 0.6 is 12.6 Å². The molecule has 0 unspecified atom stereocenters. The molecule has 1 saturated carbocycles. The van der Waals surface area contributed by atoms with Crippen LogP contribution in [0.4, 0.5) is 15.8 Å². The van der Waals surface area contributed by atoms with Crippen molar-refractivity contribution in [2.75, 3.05) is 10.8 Å². The molecule has 0 bridgehead atoms. The maximum atomic E-state index is 13.5. The average Bonchev–Trinajstić information content (AvgIpc) is 3.01. The number of halogens is 1. The van der Waals surface area contributed by atoms with E-state index in [1.165, 1.54) is 6.07 Å². The number of rotatable bonds is 4. The van der Waals surface area contributed by atoms with E-state index in [0.29, 0.717) is 0 Å². The van der Waals surface area contributed by atoms with E-state index in [2.05, 4.69) is 17.9 Å². The Labute approximate surface area is 97.2 Å². The van der Waals surface area contributed by atoms with Gasteiger partial charge in [0.25, 0.3) is 0 Å². The van der Waals surface area contributed by atoms with Crippen molar-refractivity contribution < 1.29 is 14.4 Å². The molecule has 0 saturated heterocycles. The van der Waals surface area contributed by atoms with Crippen LogP contribution in [0.15, 0.2) is 12.1 Å². The standard InChI is InChI=1S/C10H11FN2O2S/c11-6-3-4-7(13-15)9(8(6)10(14)16)12-5-1-2-5/h3-5,12-13,15H,1-2H2,(H,14,16). The van der Waals surface area contributed by atoms with Crippen LogP contribution in [0.25, 0.3) is 0 Å². The highest BCUT2D eigenvalue weighted by atomic mass is 32.1. The van der Waals surface area contributed by atoms with Gasteiger partial charge in [-0.1, -0.05) is 0 Å². The van der Waals surface area contributed by atoms with Gasteiger partial charge in [0.05, 0.1) is 16.9 Å². The van der Waals surface area contributed by atoms with Gasteiger partial charge in [-0.3, -0.25) is 15.5 Å². The van der Waals surface area contributed by atoms with Crippen LogP contribution in [0.3, 0.4) is 0 Å². The number of carbonyl (C=O) groups excluding carboxylic acids is 1. The Morgan fingerprint density at radius 3 is 2.69 bits per heavy atom. The first-order valence-electron chi connectivity index (χ1n) is 4.86. The Kier molecular flexibility index (Phi) is 3.02. The summed E-state index contributed by atoms with van der Waals surface area (Å²) in [5.41, 5.74) is 2.33. The summed E-state index contributed by atoms with van der Waals surface area (Å²) in [5, 5.41) is 11.2. The molecule has 86 valence electrons. The third kappa shape index (κ3) is 2.12. The molecular weight excluding hydrogens is 231 g/mol. The van der Waals surface area contributed by atoms with E-state index in [4.69, 9.17) is 5.21 Å². The molecule has 0 radical (unpaired) electrons. The number of hydrogen-bond acceptors (Lipinski definition) is 4. The Hall–Kier alpha value is -1.27. The lowest BCUT2D eigenvalue weighted by Gasteiger charge is -2.14. The molecule has 4 nitrogen and oxygen atoms in total. The number of thiol groups is 1. The monoisotopic (exact) mass is 242 g/mol. The van der Waals surface area contributed by atoms with Crippen molar-refractivity contribution in [1.82, 2.24) is 0 Å². The van der Waals surface area contributed by atoms with E-state index < -0.39 is 10.9 Å². The van der Waals surface area contributed by atoms with Gasteiger partial charge in [-0.15, -0.1) is 12.6 Å². The summed E-state index contributed by atoms with van der Waals surface area (Å²) in [7, 11) is 0. The first kappa shape index (κ1) is 11.2. The molecule has 0 aliphatic heterocycles. The SMILES string of the molecule is O=C(S)c1c(F)ccc(NO)c1NC1CC1. The number of anilines is 2. The molecule has 1 aliphatic rings. The lowest BCUT2D eigenvalue weighted by molar-refractivity contribution is 0.108. The minimum atomic E-state index is -0.669. The summed E-state index contributed by atoms with van der Waals surface area (Å²) in [5.74, 6) is -0.651. The highest BCUT2D eigenvalue weighted by Gasteiger charge is 2.26. The van der Waals surface area contributed by atoms with Crippen molar-refractivity contribution in [2.45, 2.75) is 18.9 Å². The molecular formula is C10H11FN2O2S. The van der Waals surface area contributed by atoms with Crippen molar-refractivity contribution in [3.63, 3.8) is 0 Å². The Morgan fingerprint density at radius 1 is 1.50 bits per heavy atom. The van der Waals surface area contributed by atoms with Gasteiger partial charge in [-0.2, -0.15) is 0 Å². The topological polar surface area (TPSA) is 61.4 Å². The highest BCUT2D eigenvalue weighted by molar-refractivity contribution is 7.97. The van der Waals surface area contributed by atoms with Crippen LogP contribution < -0.4 is 10.8 Å². The summed E-state index contributed by atoms with van der Waals surface area (Å²) < 4.78 is 13.5. The predicted octanol–water partition coefficient (Wildman–Crippen LogP) is 2.27. The molecule has 1 aromatic rings. The van der Waals surface area contributed by atoms with E-state index in [1.54, 1.807) is 0 Å². The van der Waals surface area contributed by atoms with Crippen LogP contribution in [0.1, 0.15) is 23.2 Å². The fraction of sp³-hybridized carbons (Fsp3) is 0.300. The zero-order valence-electron chi connectivity index (χ0n) is 8.33. The van der Waals surface area contributed by atoms with Crippen molar-refractivity contribution in [3.8, 4) is 0 Å². The van der Waals surface area contributed by atoms with Crippen molar-refractivity contribution >= 4 is 29.1 Å². The van der Waals surface area contributed by atoms with Gasteiger partial charge in [-0.25, -0.2) is 4.39 Å². The second-order valence-electron chi connectivity index (χ2n) is 3.68. The van der Waals surface area contributed by atoms with Crippen LogP contribution in [0, 0.1) is 5.82 Å². The maximum Gasteiger partial charge on any atom is 0.221 e. The molecule has 0 heterocycles. The zero-order chi connectivity index (χ0) is 11.7. The molecule has 0 aromatic heterocycles. The Balaban J connectivity index is 2.48. The summed E-state index contributed by atoms with van der Waals surface area (Å²) >= 11 is 3.63. The van der Waals surface area contributed by atoms with Gasteiger partial charge in [0.2, 0.25) is 5.12 Å². The fourth-order valence-electron chi connectivity index (χ4n) is 1.46. The normalized spacial score (nSPS) is 14.7. The number of carbonyl (C=O) groups is 1. The number of nitrogens with one attached hydrogen (secondary N) is 2. The van der Waals surface area contributed by atoms with Crippen molar-refractivity contribution in [2.24, 2.45) is 0 Å². The lowest BCUT2D eigenvalue weighted by atomic mass is 10.1. The van der Waals surface area contributed by atoms with Gasteiger partial charge in [0.15, 0.2) is 0 Å². The molecule has 1 fully saturated rings. The molecule has 3 N–H and O–H groups in total. The largest absolute Gasteiger partial charge is 0.380 e. The van der Waals surface area contributed by atoms with Gasteiger partial charge in [-0.05, 0) is 25.0 Å². The summed E-state index contributed by atoms with van der Waals surface area (Å²) in [6, 6.07) is 2.71. The molecule has 0 amide bonds. The van der Waals surface area contributed by atoms with Gasteiger partial charge >= 0.3 is 0 Å². The minimum absolute atomic E-state index is 0.144. The van der Waals surface area contributed by atoms with Gasteiger partial charge in [0.1, 0.15) is 5.82 Å². The van der Waals surface area contributed by atoms with E-state index in [0.717, 1.165) is 18.9 Å². The number of benzene rings is 1. The van der Waals surface area contributed by atoms with E-state index in [9.17, 15) is 9.18 Å². The fourth-order valence-corrected chi connectivity index (χ4v) is 1.68. The third-order valence-corrected chi connectivity index (χ3v) is 2.64. The molecule has 16 heavy (non-hydrogen) atoms. The highest BCUT2D eigenvalue weighted by Crippen LogP contribution is 2.34. The van der Waals surface area contributed by atoms with Gasteiger partial charge in [0, 0.05) is 6.04 Å². The quantitative estimate of drug-likeness (QED) is 0.483. The van der Waals surface area contributed by atoms with Crippen LogP contribution in [-0.4, -0.2) is 16.4 Å². The molecule has 6 heteroatoms. The smallest absolute Gasteiger partial charge is 0.221 e. The van der Waals surface area contributed by atoms with E-state index >= 15 is 0 Å².